The fourth-order valence-corrected chi connectivity index (χ4v) is 3.28. The van der Waals surface area contributed by atoms with Gasteiger partial charge in [0.2, 0.25) is 5.91 Å². The van der Waals surface area contributed by atoms with Crippen molar-refractivity contribution in [1.29, 1.82) is 0 Å². The fourth-order valence-electron chi connectivity index (χ4n) is 2.31. The van der Waals surface area contributed by atoms with E-state index in [1.54, 1.807) is 36.4 Å². The lowest BCUT2D eigenvalue weighted by molar-refractivity contribution is -0.120. The average Bonchev–Trinajstić information content (AvgIpc) is 2.61. The van der Waals surface area contributed by atoms with Crippen molar-refractivity contribution in [2.45, 2.75) is 6.42 Å². The van der Waals surface area contributed by atoms with Crippen LogP contribution in [0.25, 0.3) is 0 Å². The van der Waals surface area contributed by atoms with Crippen LogP contribution in [0.3, 0.4) is 0 Å². The molecule has 134 valence electrons. The molecule has 3 N–H and O–H groups in total. The Morgan fingerprint density at radius 3 is 2.50 bits per heavy atom. The Kier molecular flexibility index (Phi) is 5.80. The Labute approximate surface area is 168 Å². The van der Waals surface area contributed by atoms with Gasteiger partial charge in [0, 0.05) is 15.7 Å². The lowest BCUT2D eigenvalue weighted by Crippen LogP contribution is -2.47. The second-order valence-corrected chi connectivity index (χ2v) is 7.17. The zero-order valence-electron chi connectivity index (χ0n) is 13.3. The minimum absolute atomic E-state index is 0.0827. The van der Waals surface area contributed by atoms with Crippen molar-refractivity contribution < 1.29 is 9.59 Å². The molecule has 6 nitrogen and oxygen atoms in total. The van der Waals surface area contributed by atoms with E-state index in [4.69, 9.17) is 23.2 Å². The summed E-state index contributed by atoms with van der Waals surface area (Å²) in [7, 11) is 0. The first-order valence-electron chi connectivity index (χ1n) is 7.55. The van der Waals surface area contributed by atoms with Gasteiger partial charge in [0.1, 0.15) is 12.4 Å². The number of hydrogen-bond acceptors (Lipinski definition) is 4. The number of aliphatic imine (C=N–C) groups is 1. The summed E-state index contributed by atoms with van der Waals surface area (Å²) in [5.74, 6) is 0.200. The molecule has 26 heavy (non-hydrogen) atoms. The third kappa shape index (κ3) is 4.55. The van der Waals surface area contributed by atoms with Crippen molar-refractivity contribution in [2.24, 2.45) is 4.99 Å². The van der Waals surface area contributed by atoms with E-state index in [0.29, 0.717) is 21.6 Å². The molecule has 2 amide bonds. The number of benzene rings is 2. The van der Waals surface area contributed by atoms with Crippen LogP contribution in [0.5, 0.6) is 0 Å². The summed E-state index contributed by atoms with van der Waals surface area (Å²) < 4.78 is 0.723. The average molecular weight is 456 g/mol. The van der Waals surface area contributed by atoms with Gasteiger partial charge in [-0.15, -0.1) is 0 Å². The molecule has 1 aliphatic heterocycles. The third-order valence-electron chi connectivity index (χ3n) is 3.58. The van der Waals surface area contributed by atoms with Crippen LogP contribution < -0.4 is 16.2 Å². The predicted octanol–water partition coefficient (Wildman–Crippen LogP) is 3.32. The lowest BCUT2D eigenvalue weighted by atomic mass is 10.1. The molecule has 0 saturated carbocycles. The standard InChI is InChI=1S/C17H13BrCl2N4O2/c18-12-7-14(20)13(19)5-10(12)6-15(25)22-11-3-1-9(2-4-11)17-21-8-16(26)23-24-17/h1-5,7H,6,8H2,(H,21,24)(H,22,25)(H,23,26). The van der Waals surface area contributed by atoms with Gasteiger partial charge in [0.25, 0.3) is 5.91 Å². The molecule has 0 radical (unpaired) electrons. The number of amidine groups is 1. The highest BCUT2D eigenvalue weighted by Gasteiger charge is 2.13. The first kappa shape index (κ1) is 18.7. The van der Waals surface area contributed by atoms with Crippen molar-refractivity contribution in [3.63, 3.8) is 0 Å². The molecular formula is C17H13BrCl2N4O2. The zero-order chi connectivity index (χ0) is 18.7. The molecule has 0 spiro atoms. The van der Waals surface area contributed by atoms with Gasteiger partial charge in [-0.3, -0.25) is 25.4 Å². The molecule has 1 aliphatic rings. The second kappa shape index (κ2) is 8.07. The van der Waals surface area contributed by atoms with Crippen molar-refractivity contribution in [1.82, 2.24) is 10.9 Å². The number of nitrogens with zero attached hydrogens (tertiary/aromatic N) is 1. The van der Waals surface area contributed by atoms with Gasteiger partial charge in [-0.05, 0) is 42.0 Å². The van der Waals surface area contributed by atoms with Crippen LogP contribution in [-0.2, 0) is 16.0 Å². The molecule has 0 atom stereocenters. The largest absolute Gasteiger partial charge is 0.326 e. The van der Waals surface area contributed by atoms with E-state index in [9.17, 15) is 9.59 Å². The minimum Gasteiger partial charge on any atom is -0.326 e. The van der Waals surface area contributed by atoms with Crippen molar-refractivity contribution in [2.75, 3.05) is 11.9 Å². The molecule has 0 unspecified atom stereocenters. The van der Waals surface area contributed by atoms with Crippen molar-refractivity contribution in [3.05, 3.63) is 62.0 Å². The topological polar surface area (TPSA) is 82.6 Å². The van der Waals surface area contributed by atoms with E-state index in [0.717, 1.165) is 15.6 Å². The highest BCUT2D eigenvalue weighted by molar-refractivity contribution is 9.10. The number of rotatable bonds is 4. The second-order valence-electron chi connectivity index (χ2n) is 5.50. The van der Waals surface area contributed by atoms with Gasteiger partial charge in [0.05, 0.1) is 16.5 Å². The van der Waals surface area contributed by atoms with E-state index in [1.165, 1.54) is 0 Å². The summed E-state index contributed by atoms with van der Waals surface area (Å²) in [5, 5.41) is 3.65. The third-order valence-corrected chi connectivity index (χ3v) is 5.04. The van der Waals surface area contributed by atoms with E-state index >= 15 is 0 Å². The number of carbonyl (C=O) groups is 2. The molecule has 0 aliphatic carbocycles. The van der Waals surface area contributed by atoms with Crippen LogP contribution in [0.4, 0.5) is 5.69 Å². The molecule has 9 heteroatoms. The van der Waals surface area contributed by atoms with Crippen molar-refractivity contribution in [3.8, 4) is 0 Å². The van der Waals surface area contributed by atoms with E-state index < -0.39 is 0 Å². The Hall–Kier alpha value is -2.09. The number of anilines is 1. The van der Waals surface area contributed by atoms with Crippen LogP contribution in [0.2, 0.25) is 10.0 Å². The van der Waals surface area contributed by atoms with Crippen LogP contribution in [0, 0.1) is 0 Å². The molecule has 2 aromatic rings. The summed E-state index contributed by atoms with van der Waals surface area (Å²) in [6.45, 7) is 0.0827. The number of nitrogens with one attached hydrogen (secondary N) is 3. The first-order chi connectivity index (χ1) is 12.4. The zero-order valence-corrected chi connectivity index (χ0v) is 16.4. The van der Waals surface area contributed by atoms with Crippen molar-refractivity contribution >= 4 is 62.5 Å². The number of hydrogen-bond donors (Lipinski definition) is 3. The summed E-state index contributed by atoms with van der Waals surface area (Å²) in [5.41, 5.74) is 7.42. The Balaban J connectivity index is 1.65. The SMILES string of the molecule is O=C1CN=C(c2ccc(NC(=O)Cc3cc(Cl)c(Cl)cc3Br)cc2)NN1. The van der Waals surface area contributed by atoms with Gasteiger partial charge in [-0.1, -0.05) is 39.1 Å². The quantitative estimate of drug-likeness (QED) is 0.618. The molecule has 1 heterocycles. The maximum atomic E-state index is 12.3. The highest BCUT2D eigenvalue weighted by Crippen LogP contribution is 2.29. The summed E-state index contributed by atoms with van der Waals surface area (Å²) in [6.07, 6.45) is 0.152. The Morgan fingerprint density at radius 2 is 1.85 bits per heavy atom. The lowest BCUT2D eigenvalue weighted by Gasteiger charge is -2.15. The smallest absolute Gasteiger partial charge is 0.260 e. The maximum absolute atomic E-state index is 12.3. The molecule has 0 saturated heterocycles. The molecule has 0 aromatic heterocycles. The summed E-state index contributed by atoms with van der Waals surface area (Å²) in [4.78, 5) is 27.5. The number of hydrazine groups is 1. The maximum Gasteiger partial charge on any atom is 0.260 e. The normalized spacial score (nSPS) is 13.5. The van der Waals surface area contributed by atoms with Crippen LogP contribution in [-0.4, -0.2) is 24.2 Å². The van der Waals surface area contributed by atoms with Crippen LogP contribution in [0.15, 0.2) is 45.9 Å². The number of halogens is 3. The fraction of sp³-hybridized carbons (Fsp3) is 0.118. The molecule has 0 fully saturated rings. The van der Waals surface area contributed by atoms with E-state index in [2.05, 4.69) is 37.1 Å². The van der Waals surface area contributed by atoms with E-state index in [-0.39, 0.29) is 24.8 Å². The molecular weight excluding hydrogens is 443 g/mol. The highest BCUT2D eigenvalue weighted by atomic mass is 79.9. The molecule has 0 bridgehead atoms. The Morgan fingerprint density at radius 1 is 1.15 bits per heavy atom. The Bertz CT molecular complexity index is 900. The monoisotopic (exact) mass is 454 g/mol. The predicted molar refractivity (Wildman–Crippen MR) is 106 cm³/mol. The summed E-state index contributed by atoms with van der Waals surface area (Å²) >= 11 is 15.3. The summed E-state index contributed by atoms with van der Waals surface area (Å²) in [6, 6.07) is 10.5. The van der Waals surface area contributed by atoms with Gasteiger partial charge in [-0.25, -0.2) is 0 Å². The molecule has 3 rings (SSSR count). The van der Waals surface area contributed by atoms with Gasteiger partial charge in [-0.2, -0.15) is 0 Å². The number of carbonyl (C=O) groups excluding carboxylic acids is 2. The first-order valence-corrected chi connectivity index (χ1v) is 9.10. The van der Waals surface area contributed by atoms with Crippen LogP contribution in [0.1, 0.15) is 11.1 Å². The number of amides is 2. The van der Waals surface area contributed by atoms with Crippen LogP contribution >= 0.6 is 39.1 Å². The van der Waals surface area contributed by atoms with Gasteiger partial charge < -0.3 is 5.32 Å². The van der Waals surface area contributed by atoms with Gasteiger partial charge in [0.15, 0.2) is 0 Å². The molecule has 2 aromatic carbocycles. The minimum atomic E-state index is -0.189. The van der Waals surface area contributed by atoms with Gasteiger partial charge >= 0.3 is 0 Å². The van der Waals surface area contributed by atoms with E-state index in [1.807, 2.05) is 0 Å².